The molecule has 3 rings (SSSR count). The third kappa shape index (κ3) is 3.58. The van der Waals surface area contributed by atoms with E-state index in [1.165, 1.54) is 11.3 Å². The third-order valence-electron chi connectivity index (χ3n) is 3.93. The van der Waals surface area contributed by atoms with E-state index in [-0.39, 0.29) is 11.9 Å². The van der Waals surface area contributed by atoms with Gasteiger partial charge in [-0.2, -0.15) is 5.26 Å². The molecule has 0 saturated carbocycles. The monoisotopic (exact) mass is 330 g/mol. The largest absolute Gasteiger partial charge is 0.376 e. The van der Waals surface area contributed by atoms with Crippen LogP contribution in [0.15, 0.2) is 24.3 Å². The molecule has 2 aromatic rings. The Bertz CT molecular complexity index is 698. The summed E-state index contributed by atoms with van der Waals surface area (Å²) in [5.41, 5.74) is 0.813. The molecule has 0 aliphatic carbocycles. The zero-order valence-electron chi connectivity index (χ0n) is 12.9. The van der Waals surface area contributed by atoms with E-state index in [2.05, 4.69) is 11.1 Å². The van der Waals surface area contributed by atoms with Crippen LogP contribution >= 0.6 is 11.3 Å². The molecule has 1 saturated heterocycles. The van der Waals surface area contributed by atoms with Crippen LogP contribution < -0.4 is 0 Å². The van der Waals surface area contributed by atoms with Crippen LogP contribution in [0.2, 0.25) is 0 Å². The van der Waals surface area contributed by atoms with Crippen LogP contribution in [0.4, 0.5) is 0 Å². The Balaban J connectivity index is 1.69. The van der Waals surface area contributed by atoms with E-state index >= 15 is 0 Å². The normalized spacial score (nSPS) is 20.3. The van der Waals surface area contributed by atoms with Crippen molar-refractivity contribution in [2.45, 2.75) is 37.9 Å². The fourth-order valence-electron chi connectivity index (χ4n) is 2.60. The summed E-state index contributed by atoms with van der Waals surface area (Å²) in [4.78, 5) is 17.0. The number of carbonyl (C=O) groups excluding carboxylic acids is 1. The molecule has 1 aromatic heterocycles. The van der Waals surface area contributed by atoms with Gasteiger partial charge in [0.25, 0.3) is 0 Å². The van der Waals surface area contributed by atoms with Crippen molar-refractivity contribution in [1.29, 1.82) is 5.26 Å². The number of hydrogen-bond donors (Lipinski definition) is 0. The minimum atomic E-state index is -0.883. The van der Waals surface area contributed by atoms with E-state index in [9.17, 15) is 10.1 Å². The van der Waals surface area contributed by atoms with Gasteiger partial charge in [0, 0.05) is 6.61 Å². The van der Waals surface area contributed by atoms with Crippen molar-refractivity contribution in [3.8, 4) is 6.07 Å². The third-order valence-corrected chi connectivity index (χ3v) is 5.03. The van der Waals surface area contributed by atoms with Gasteiger partial charge in [0.2, 0.25) is 0 Å². The smallest absolute Gasteiger partial charge is 0.185 e. The number of carbonyl (C=O) groups is 1. The first kappa shape index (κ1) is 16.1. The zero-order valence-corrected chi connectivity index (χ0v) is 13.7. The number of rotatable bonds is 6. The summed E-state index contributed by atoms with van der Waals surface area (Å²) in [5.74, 6) is -1.13. The summed E-state index contributed by atoms with van der Waals surface area (Å²) in [5, 5.41) is 9.95. The molecule has 6 heteroatoms. The number of Topliss-reactive ketones (excluding diaryl/α,β-unsaturated/α-hetero) is 1. The number of fused-ring (bicyclic) bond motifs is 1. The fourth-order valence-corrected chi connectivity index (χ4v) is 3.62. The van der Waals surface area contributed by atoms with E-state index in [1.807, 2.05) is 24.3 Å². The van der Waals surface area contributed by atoms with Crippen LogP contribution in [-0.2, 0) is 14.3 Å². The van der Waals surface area contributed by atoms with Gasteiger partial charge in [-0.1, -0.05) is 12.1 Å². The molecule has 0 unspecified atom stereocenters. The highest BCUT2D eigenvalue weighted by Gasteiger charge is 2.29. The molecular formula is C17H18N2O3S. The maximum atomic E-state index is 12.5. The Kier molecular flexibility index (Phi) is 5.01. The van der Waals surface area contributed by atoms with Gasteiger partial charge in [-0.15, -0.1) is 11.3 Å². The predicted octanol–water partition coefficient (Wildman–Crippen LogP) is 3.06. The van der Waals surface area contributed by atoms with Gasteiger partial charge in [-0.25, -0.2) is 4.98 Å². The number of ketones is 1. The number of ether oxygens (including phenoxy) is 2. The summed E-state index contributed by atoms with van der Waals surface area (Å²) in [6, 6.07) is 9.70. The molecule has 0 bridgehead atoms. The molecule has 120 valence electrons. The van der Waals surface area contributed by atoms with Gasteiger partial charge in [-0.3, -0.25) is 4.79 Å². The zero-order chi connectivity index (χ0) is 16.2. The summed E-state index contributed by atoms with van der Waals surface area (Å²) >= 11 is 1.38. The van der Waals surface area contributed by atoms with Crippen molar-refractivity contribution in [3.63, 3.8) is 0 Å². The van der Waals surface area contributed by atoms with Crippen LogP contribution in [0.5, 0.6) is 0 Å². The number of benzene rings is 1. The van der Waals surface area contributed by atoms with Crippen LogP contribution in [0.25, 0.3) is 10.2 Å². The molecule has 0 spiro atoms. The van der Waals surface area contributed by atoms with E-state index in [0.29, 0.717) is 11.6 Å². The lowest BCUT2D eigenvalue weighted by atomic mass is 10.0. The average Bonchev–Trinajstić information content (AvgIpc) is 3.22. The van der Waals surface area contributed by atoms with E-state index in [4.69, 9.17) is 9.47 Å². The van der Waals surface area contributed by atoms with E-state index < -0.39 is 12.0 Å². The van der Waals surface area contributed by atoms with Crippen molar-refractivity contribution in [1.82, 2.24) is 4.98 Å². The average molecular weight is 330 g/mol. The first-order chi connectivity index (χ1) is 11.2. The fraction of sp³-hybridized carbons (Fsp3) is 0.471. The van der Waals surface area contributed by atoms with Crippen molar-refractivity contribution in [2.24, 2.45) is 0 Å². The summed E-state index contributed by atoms with van der Waals surface area (Å²) < 4.78 is 12.1. The number of hydrogen-bond acceptors (Lipinski definition) is 6. The number of thiazole rings is 1. The Morgan fingerprint density at radius 1 is 1.57 bits per heavy atom. The number of para-hydroxylation sites is 1. The van der Waals surface area contributed by atoms with Crippen LogP contribution in [0.3, 0.4) is 0 Å². The van der Waals surface area contributed by atoms with Gasteiger partial charge in [0.05, 0.1) is 29.0 Å². The SMILES string of the molecule is C[C@H](OC[C@@H]1CCCO1)C(=O)[C@H](C#N)c1nc2ccccc2s1. The predicted molar refractivity (Wildman–Crippen MR) is 87.4 cm³/mol. The standard InChI is InChI=1S/C17H18N2O3S/c1-11(22-10-12-5-4-8-21-12)16(20)13(9-18)17-19-14-6-2-3-7-15(14)23-17/h2-3,6-7,11-13H,4-5,8,10H2,1H3/t11-,12-,13-/m0/s1. The summed E-state index contributed by atoms with van der Waals surface area (Å²) in [6.45, 7) is 2.84. The molecule has 1 aliphatic rings. The van der Waals surface area contributed by atoms with Crippen LogP contribution in [-0.4, -0.2) is 36.2 Å². The molecular weight excluding hydrogens is 312 g/mol. The Hall–Kier alpha value is -1.81. The Morgan fingerprint density at radius 2 is 2.39 bits per heavy atom. The van der Waals surface area contributed by atoms with Gasteiger partial charge >= 0.3 is 0 Å². The highest BCUT2D eigenvalue weighted by Crippen LogP contribution is 2.28. The number of aromatic nitrogens is 1. The van der Waals surface area contributed by atoms with Crippen molar-refractivity contribution in [2.75, 3.05) is 13.2 Å². The minimum absolute atomic E-state index is 0.0632. The maximum absolute atomic E-state index is 12.5. The van der Waals surface area contributed by atoms with Gasteiger partial charge < -0.3 is 9.47 Å². The van der Waals surface area contributed by atoms with E-state index in [1.54, 1.807) is 6.92 Å². The van der Waals surface area contributed by atoms with Crippen molar-refractivity contribution in [3.05, 3.63) is 29.3 Å². The highest BCUT2D eigenvalue weighted by molar-refractivity contribution is 7.18. The van der Waals surface area contributed by atoms with Crippen molar-refractivity contribution >= 4 is 27.3 Å². The topological polar surface area (TPSA) is 72.2 Å². The molecule has 23 heavy (non-hydrogen) atoms. The number of nitrogens with zero attached hydrogens (tertiary/aromatic N) is 2. The van der Waals surface area contributed by atoms with E-state index in [0.717, 1.165) is 29.7 Å². The Morgan fingerprint density at radius 3 is 3.09 bits per heavy atom. The number of nitriles is 1. The Labute approximate surface area is 138 Å². The maximum Gasteiger partial charge on any atom is 0.185 e. The quantitative estimate of drug-likeness (QED) is 0.814. The van der Waals surface area contributed by atoms with Gasteiger partial charge in [0.1, 0.15) is 11.1 Å². The molecule has 0 radical (unpaired) electrons. The summed E-state index contributed by atoms with van der Waals surface area (Å²) in [6.07, 6.45) is 1.41. The molecule has 0 amide bonds. The molecule has 1 aliphatic heterocycles. The van der Waals surface area contributed by atoms with Crippen molar-refractivity contribution < 1.29 is 14.3 Å². The minimum Gasteiger partial charge on any atom is -0.376 e. The molecule has 3 atom stereocenters. The lowest BCUT2D eigenvalue weighted by Gasteiger charge is -2.16. The lowest BCUT2D eigenvalue weighted by Crippen LogP contribution is -2.29. The molecule has 5 nitrogen and oxygen atoms in total. The second-order valence-electron chi connectivity index (χ2n) is 5.59. The van der Waals surface area contributed by atoms with Crippen LogP contribution in [0, 0.1) is 11.3 Å². The first-order valence-corrected chi connectivity index (χ1v) is 8.52. The molecule has 2 heterocycles. The van der Waals surface area contributed by atoms with Gasteiger partial charge in [-0.05, 0) is 31.9 Å². The molecule has 1 fully saturated rings. The summed E-state index contributed by atoms with van der Waals surface area (Å²) in [7, 11) is 0. The highest BCUT2D eigenvalue weighted by atomic mass is 32.1. The first-order valence-electron chi connectivity index (χ1n) is 7.71. The van der Waals surface area contributed by atoms with Gasteiger partial charge in [0.15, 0.2) is 11.7 Å². The lowest BCUT2D eigenvalue weighted by molar-refractivity contribution is -0.131. The second kappa shape index (κ2) is 7.18. The molecule has 0 N–H and O–H groups in total. The second-order valence-corrected chi connectivity index (χ2v) is 6.66. The van der Waals surface area contributed by atoms with Crippen LogP contribution in [0.1, 0.15) is 30.7 Å². The molecule has 1 aromatic carbocycles.